The van der Waals surface area contributed by atoms with Gasteiger partial charge in [-0.25, -0.2) is 4.79 Å². The molecule has 2 aliphatic heterocycles. The first kappa shape index (κ1) is 46.9. The molecule has 0 radical (unpaired) electrons. The second-order valence-corrected chi connectivity index (χ2v) is 16.2. The average Bonchev–Trinajstić information content (AvgIpc) is 3.36. The zero-order valence-electron chi connectivity index (χ0n) is 36.5. The number of benzene rings is 6. The van der Waals surface area contributed by atoms with E-state index in [1.807, 2.05) is 152 Å². The van der Waals surface area contributed by atoms with Gasteiger partial charge in [0.15, 0.2) is 18.7 Å². The minimum Gasteiger partial charge on any atom is -0.450 e. The molecule has 6 aromatic rings. The van der Waals surface area contributed by atoms with Crippen LogP contribution in [0, 0.1) is 0 Å². The molecule has 344 valence electrons. The van der Waals surface area contributed by atoms with Gasteiger partial charge in [0.2, 0.25) is 0 Å². The van der Waals surface area contributed by atoms with Gasteiger partial charge in [-0.2, -0.15) is 0 Å². The molecule has 10 atom stereocenters. The van der Waals surface area contributed by atoms with Crippen molar-refractivity contribution in [2.75, 3.05) is 13.2 Å². The lowest BCUT2D eigenvalue weighted by atomic mass is 9.96. The summed E-state index contributed by atoms with van der Waals surface area (Å²) in [5.74, 6) is -0.698. The molecule has 2 N–H and O–H groups in total. The molecule has 2 saturated heterocycles. The summed E-state index contributed by atoms with van der Waals surface area (Å²) in [4.78, 5) is 13.7. The van der Waals surface area contributed by atoms with E-state index in [0.29, 0.717) is 0 Å². The minimum atomic E-state index is -1.65. The molecule has 6 aromatic carbocycles. The summed E-state index contributed by atoms with van der Waals surface area (Å²) in [5, 5.41) is 24.2. The van der Waals surface area contributed by atoms with Crippen molar-refractivity contribution in [2.24, 2.45) is 0 Å². The van der Waals surface area contributed by atoms with Crippen molar-refractivity contribution in [1.82, 2.24) is 0 Å². The summed E-state index contributed by atoms with van der Waals surface area (Å²) in [6.07, 6.45) is -11.9. The van der Waals surface area contributed by atoms with E-state index in [-0.39, 0.29) is 51.8 Å². The van der Waals surface area contributed by atoms with Crippen molar-refractivity contribution in [2.45, 2.75) is 94.4 Å². The zero-order valence-corrected chi connectivity index (χ0v) is 36.5. The van der Waals surface area contributed by atoms with Crippen LogP contribution in [0.4, 0.5) is 0 Å². The molecular formula is C54H56O12. The Morgan fingerprint density at radius 3 is 1.26 bits per heavy atom. The Labute approximate surface area is 385 Å². The summed E-state index contributed by atoms with van der Waals surface area (Å²) in [6.45, 7) is 0.791. The molecule has 2 aliphatic rings. The Hall–Kier alpha value is -5.61. The Balaban J connectivity index is 1.13. The van der Waals surface area contributed by atoms with Crippen LogP contribution in [0.25, 0.3) is 0 Å². The van der Waals surface area contributed by atoms with E-state index in [0.717, 1.165) is 27.8 Å². The van der Waals surface area contributed by atoms with Crippen molar-refractivity contribution < 1.29 is 57.6 Å². The van der Waals surface area contributed by atoms with Crippen molar-refractivity contribution in [3.63, 3.8) is 0 Å². The number of hydrogen-bond donors (Lipinski definition) is 2. The van der Waals surface area contributed by atoms with Crippen LogP contribution in [-0.4, -0.2) is 90.8 Å². The standard InChI is InChI=1S/C54H56O12/c55-46-47(60-33-40-23-11-3-12-24-40)44(36-58-31-38-19-7-1-8-20-38)64-54(49(46)61-34-41-25-13-4-14-26-41)66-48-45(37-59-32-39-21-9-2-10-22-39)63-53(57)51(65-52(56)43-29-17-6-18-30-43)50(48)62-35-42-27-15-5-16-28-42/h1-30,44-51,53-55,57H,31-37H2/t44-,45-,46+,47+,48-,49-,50+,51-,53-,54+/m1/s1. The fraction of sp³-hybridized carbons (Fsp3) is 0.315. The van der Waals surface area contributed by atoms with Crippen molar-refractivity contribution in [1.29, 1.82) is 0 Å². The van der Waals surface area contributed by atoms with Crippen LogP contribution >= 0.6 is 0 Å². The van der Waals surface area contributed by atoms with Crippen LogP contribution in [-0.2, 0) is 75.7 Å². The summed E-state index contributed by atoms with van der Waals surface area (Å²) >= 11 is 0. The first-order valence-corrected chi connectivity index (χ1v) is 22.3. The Morgan fingerprint density at radius 2 is 0.803 bits per heavy atom. The van der Waals surface area contributed by atoms with Gasteiger partial charge in [-0.1, -0.05) is 170 Å². The van der Waals surface area contributed by atoms with Crippen molar-refractivity contribution in [3.8, 4) is 0 Å². The van der Waals surface area contributed by atoms with E-state index >= 15 is 0 Å². The number of esters is 1. The molecule has 0 saturated carbocycles. The molecule has 0 bridgehead atoms. The molecule has 8 rings (SSSR count). The maximum absolute atomic E-state index is 13.7. The average molecular weight is 897 g/mol. The highest BCUT2D eigenvalue weighted by atomic mass is 16.7. The summed E-state index contributed by atoms with van der Waals surface area (Å²) in [7, 11) is 0. The first-order chi connectivity index (χ1) is 32.5. The number of aliphatic hydroxyl groups excluding tert-OH is 2. The molecular weight excluding hydrogens is 841 g/mol. The molecule has 0 amide bonds. The van der Waals surface area contributed by atoms with Gasteiger partial charge in [-0.05, 0) is 39.9 Å². The molecule has 0 aliphatic carbocycles. The van der Waals surface area contributed by atoms with Gasteiger partial charge in [0.25, 0.3) is 0 Å². The molecule has 0 aromatic heterocycles. The lowest BCUT2D eigenvalue weighted by Crippen LogP contribution is -2.66. The largest absolute Gasteiger partial charge is 0.450 e. The zero-order chi connectivity index (χ0) is 45.3. The van der Waals surface area contributed by atoms with E-state index in [1.165, 1.54) is 0 Å². The van der Waals surface area contributed by atoms with Crippen molar-refractivity contribution in [3.05, 3.63) is 215 Å². The molecule has 2 fully saturated rings. The molecule has 12 nitrogen and oxygen atoms in total. The first-order valence-electron chi connectivity index (χ1n) is 22.3. The Bertz CT molecular complexity index is 2290. The van der Waals surface area contributed by atoms with Gasteiger partial charge in [0.1, 0.15) is 42.7 Å². The van der Waals surface area contributed by atoms with E-state index < -0.39 is 67.4 Å². The fourth-order valence-electron chi connectivity index (χ4n) is 7.99. The van der Waals surface area contributed by atoms with Gasteiger partial charge < -0.3 is 52.8 Å². The second-order valence-electron chi connectivity index (χ2n) is 16.2. The second kappa shape index (κ2) is 24.2. The normalized spacial score (nSPS) is 25.2. The predicted molar refractivity (Wildman–Crippen MR) is 243 cm³/mol. The lowest BCUT2D eigenvalue weighted by Gasteiger charge is -2.48. The molecule has 0 unspecified atom stereocenters. The van der Waals surface area contributed by atoms with Gasteiger partial charge in [-0.3, -0.25) is 0 Å². The maximum atomic E-state index is 13.7. The highest BCUT2D eigenvalue weighted by molar-refractivity contribution is 5.89. The number of ether oxygens (including phenoxy) is 9. The van der Waals surface area contributed by atoms with Gasteiger partial charge in [0, 0.05) is 0 Å². The summed E-state index contributed by atoms with van der Waals surface area (Å²) in [6, 6.07) is 56.6. The van der Waals surface area contributed by atoms with Crippen molar-refractivity contribution >= 4 is 5.97 Å². The summed E-state index contributed by atoms with van der Waals surface area (Å²) in [5.41, 5.74) is 4.73. The third-order valence-corrected chi connectivity index (χ3v) is 11.4. The Morgan fingerprint density at radius 1 is 0.424 bits per heavy atom. The number of carbonyl (C=O) groups is 1. The van der Waals surface area contributed by atoms with Crippen LogP contribution in [0.2, 0.25) is 0 Å². The molecule has 0 spiro atoms. The fourth-order valence-corrected chi connectivity index (χ4v) is 7.99. The maximum Gasteiger partial charge on any atom is 0.338 e. The SMILES string of the molecule is O=C(O[C@@H]1[C@@H](OCc2ccccc2)[C@H](O[C@@H]2O[C@H](COCc3ccccc3)[C@H](OCc3ccccc3)[C@H](O)[C@H]2OCc2ccccc2)[C@@H](COCc2ccccc2)O[C@H]1O)c1ccccc1. The van der Waals surface area contributed by atoms with E-state index in [1.54, 1.807) is 30.3 Å². The van der Waals surface area contributed by atoms with Crippen LogP contribution in [0.15, 0.2) is 182 Å². The van der Waals surface area contributed by atoms with Crippen LogP contribution in [0.5, 0.6) is 0 Å². The Kier molecular flexibility index (Phi) is 17.2. The third-order valence-electron chi connectivity index (χ3n) is 11.4. The number of aliphatic hydroxyl groups is 2. The van der Waals surface area contributed by atoms with Gasteiger partial charge in [0.05, 0.1) is 51.8 Å². The quantitative estimate of drug-likeness (QED) is 0.0689. The summed E-state index contributed by atoms with van der Waals surface area (Å²) < 4.78 is 58.5. The topological polar surface area (TPSA) is 141 Å². The molecule has 66 heavy (non-hydrogen) atoms. The monoisotopic (exact) mass is 896 g/mol. The highest BCUT2D eigenvalue weighted by Crippen LogP contribution is 2.35. The molecule has 2 heterocycles. The number of rotatable bonds is 21. The van der Waals surface area contributed by atoms with Crippen LogP contribution < -0.4 is 0 Å². The minimum absolute atomic E-state index is 0.0193. The smallest absolute Gasteiger partial charge is 0.338 e. The molecule has 12 heteroatoms. The van der Waals surface area contributed by atoms with E-state index in [4.69, 9.17) is 42.6 Å². The lowest BCUT2D eigenvalue weighted by molar-refractivity contribution is -0.367. The van der Waals surface area contributed by atoms with E-state index in [2.05, 4.69) is 0 Å². The number of hydrogen-bond acceptors (Lipinski definition) is 12. The van der Waals surface area contributed by atoms with Crippen LogP contribution in [0.1, 0.15) is 38.2 Å². The van der Waals surface area contributed by atoms with Gasteiger partial charge in [-0.15, -0.1) is 0 Å². The van der Waals surface area contributed by atoms with E-state index in [9.17, 15) is 15.0 Å². The number of carbonyl (C=O) groups excluding carboxylic acids is 1. The predicted octanol–water partition coefficient (Wildman–Crippen LogP) is 7.59. The third kappa shape index (κ3) is 13.1. The highest BCUT2D eigenvalue weighted by Gasteiger charge is 2.54. The van der Waals surface area contributed by atoms with Crippen LogP contribution in [0.3, 0.4) is 0 Å². The van der Waals surface area contributed by atoms with Gasteiger partial charge >= 0.3 is 5.97 Å².